The smallest absolute Gasteiger partial charge is 0.0788 e. The van der Waals surface area contributed by atoms with Crippen molar-refractivity contribution in [1.82, 2.24) is 0 Å². The Morgan fingerprint density at radius 1 is 0.647 bits per heavy atom. The Labute approximate surface area is 109 Å². The van der Waals surface area contributed by atoms with Crippen molar-refractivity contribution in [2.45, 2.75) is 78.1 Å². The van der Waals surface area contributed by atoms with Crippen LogP contribution in [0, 0.1) is 0 Å². The highest BCUT2D eigenvalue weighted by Crippen LogP contribution is 2.22. The number of likely N-dealkylation sites (tertiary alicyclic amines) is 1. The Kier molecular flexibility index (Phi) is 7.92. The molecule has 0 atom stereocenters. The van der Waals surface area contributed by atoms with Gasteiger partial charge in [0.25, 0.3) is 0 Å². The molecule has 1 aliphatic rings. The van der Waals surface area contributed by atoms with Crippen LogP contribution in [0.5, 0.6) is 0 Å². The second kappa shape index (κ2) is 8.97. The minimum atomic E-state index is 1.37. The molecule has 1 heteroatoms. The van der Waals surface area contributed by atoms with Gasteiger partial charge in [-0.3, -0.25) is 0 Å². The summed E-state index contributed by atoms with van der Waals surface area (Å²) in [5.41, 5.74) is 0. The van der Waals surface area contributed by atoms with Crippen LogP contribution in [0.2, 0.25) is 0 Å². The Morgan fingerprint density at radius 2 is 1.18 bits per heavy atom. The van der Waals surface area contributed by atoms with Gasteiger partial charge in [0.1, 0.15) is 0 Å². The van der Waals surface area contributed by atoms with Gasteiger partial charge < -0.3 is 4.48 Å². The van der Waals surface area contributed by atoms with Crippen molar-refractivity contribution in [3.05, 3.63) is 0 Å². The van der Waals surface area contributed by atoms with E-state index in [1.54, 1.807) is 0 Å². The van der Waals surface area contributed by atoms with Crippen molar-refractivity contribution in [2.75, 3.05) is 26.2 Å². The lowest BCUT2D eigenvalue weighted by molar-refractivity contribution is -0.917. The molecule has 0 unspecified atom stereocenters. The topological polar surface area (TPSA) is 0 Å². The maximum absolute atomic E-state index is 2.33. The van der Waals surface area contributed by atoms with Crippen molar-refractivity contribution in [3.63, 3.8) is 0 Å². The summed E-state index contributed by atoms with van der Waals surface area (Å²) in [5, 5.41) is 0. The molecule has 1 nitrogen and oxygen atoms in total. The lowest BCUT2D eigenvalue weighted by Crippen LogP contribution is -2.46. The fraction of sp³-hybridized carbons (Fsp3) is 1.00. The van der Waals surface area contributed by atoms with Crippen molar-refractivity contribution < 1.29 is 4.48 Å². The summed E-state index contributed by atoms with van der Waals surface area (Å²) in [7, 11) is 0. The van der Waals surface area contributed by atoms with Crippen LogP contribution in [0.25, 0.3) is 0 Å². The van der Waals surface area contributed by atoms with Gasteiger partial charge in [0.15, 0.2) is 0 Å². The summed E-state index contributed by atoms with van der Waals surface area (Å²) in [6, 6.07) is 0. The molecule has 0 radical (unpaired) electrons. The third kappa shape index (κ3) is 5.90. The molecule has 0 aromatic heterocycles. The van der Waals surface area contributed by atoms with Crippen LogP contribution < -0.4 is 0 Å². The highest BCUT2D eigenvalue weighted by Gasteiger charge is 2.30. The zero-order valence-corrected chi connectivity index (χ0v) is 12.3. The average Bonchev–Trinajstić information content (AvgIpc) is 2.80. The molecule has 0 aliphatic carbocycles. The minimum Gasteiger partial charge on any atom is -0.324 e. The summed E-state index contributed by atoms with van der Waals surface area (Å²) in [5.74, 6) is 0. The molecule has 0 aromatic rings. The van der Waals surface area contributed by atoms with Gasteiger partial charge in [-0.05, 0) is 19.3 Å². The quantitative estimate of drug-likeness (QED) is 0.381. The standard InChI is InChI=1S/C16H34N/c1-3-5-7-8-9-10-14-17(13-6-4-2)15-11-12-16-17/h3-16H2,1-2H3/q+1. The van der Waals surface area contributed by atoms with Crippen molar-refractivity contribution in [2.24, 2.45) is 0 Å². The zero-order chi connectivity index (χ0) is 12.4. The average molecular weight is 240 g/mol. The minimum absolute atomic E-state index is 1.37. The predicted octanol–water partition coefficient (Wildman–Crippen LogP) is 4.76. The number of unbranched alkanes of at least 4 members (excludes halogenated alkanes) is 6. The molecule has 102 valence electrons. The summed E-state index contributed by atoms with van der Waals surface area (Å²) in [6.45, 7) is 10.5. The molecule has 0 aromatic carbocycles. The predicted molar refractivity (Wildman–Crippen MR) is 77.2 cm³/mol. The first-order valence-electron chi connectivity index (χ1n) is 8.18. The van der Waals surface area contributed by atoms with Gasteiger partial charge in [-0.2, -0.15) is 0 Å². The highest BCUT2D eigenvalue weighted by molar-refractivity contribution is 4.56. The van der Waals surface area contributed by atoms with E-state index in [9.17, 15) is 0 Å². The molecular formula is C16H34N+. The molecule has 0 amide bonds. The molecular weight excluding hydrogens is 206 g/mol. The maximum atomic E-state index is 2.33. The fourth-order valence-electron chi connectivity index (χ4n) is 3.29. The zero-order valence-electron chi connectivity index (χ0n) is 12.3. The van der Waals surface area contributed by atoms with E-state index in [1.807, 2.05) is 0 Å². The number of nitrogens with zero attached hydrogens (tertiary/aromatic N) is 1. The molecule has 1 fully saturated rings. The number of quaternary nitrogens is 1. The molecule has 0 N–H and O–H groups in total. The van der Waals surface area contributed by atoms with E-state index in [0.29, 0.717) is 0 Å². The van der Waals surface area contributed by atoms with E-state index >= 15 is 0 Å². The van der Waals surface area contributed by atoms with Gasteiger partial charge in [-0.15, -0.1) is 0 Å². The Bertz CT molecular complexity index is 170. The van der Waals surface area contributed by atoms with E-state index in [-0.39, 0.29) is 0 Å². The molecule has 0 bridgehead atoms. The molecule has 0 saturated carbocycles. The first-order valence-corrected chi connectivity index (χ1v) is 8.18. The molecule has 17 heavy (non-hydrogen) atoms. The largest absolute Gasteiger partial charge is 0.324 e. The Hall–Kier alpha value is -0.0400. The first kappa shape index (κ1) is 15.0. The van der Waals surface area contributed by atoms with Gasteiger partial charge in [-0.1, -0.05) is 46.0 Å². The molecule has 1 rings (SSSR count). The second-order valence-corrected chi connectivity index (χ2v) is 6.06. The Morgan fingerprint density at radius 3 is 1.82 bits per heavy atom. The third-order valence-electron chi connectivity index (χ3n) is 4.49. The van der Waals surface area contributed by atoms with Crippen molar-refractivity contribution >= 4 is 0 Å². The molecule has 1 heterocycles. The van der Waals surface area contributed by atoms with Gasteiger partial charge in [-0.25, -0.2) is 0 Å². The van der Waals surface area contributed by atoms with Gasteiger partial charge in [0.05, 0.1) is 26.2 Å². The molecule has 1 aliphatic heterocycles. The van der Waals surface area contributed by atoms with Crippen LogP contribution in [-0.4, -0.2) is 30.7 Å². The number of hydrogen-bond acceptors (Lipinski definition) is 0. The van der Waals surface area contributed by atoms with E-state index in [0.717, 1.165) is 0 Å². The van der Waals surface area contributed by atoms with E-state index in [1.165, 1.54) is 94.9 Å². The summed E-state index contributed by atoms with van der Waals surface area (Å²) in [4.78, 5) is 0. The van der Waals surface area contributed by atoms with Crippen LogP contribution in [0.3, 0.4) is 0 Å². The number of hydrogen-bond donors (Lipinski definition) is 0. The fourth-order valence-corrected chi connectivity index (χ4v) is 3.29. The lowest BCUT2D eigenvalue weighted by atomic mass is 10.1. The first-order chi connectivity index (χ1) is 8.33. The lowest BCUT2D eigenvalue weighted by Gasteiger charge is -2.34. The molecule has 0 spiro atoms. The van der Waals surface area contributed by atoms with Crippen LogP contribution in [0.1, 0.15) is 78.1 Å². The Balaban J connectivity index is 2.12. The van der Waals surface area contributed by atoms with E-state index in [4.69, 9.17) is 0 Å². The van der Waals surface area contributed by atoms with Crippen molar-refractivity contribution in [3.8, 4) is 0 Å². The van der Waals surface area contributed by atoms with Gasteiger partial charge in [0.2, 0.25) is 0 Å². The summed E-state index contributed by atoms with van der Waals surface area (Å²) >= 11 is 0. The van der Waals surface area contributed by atoms with Crippen LogP contribution in [0.4, 0.5) is 0 Å². The van der Waals surface area contributed by atoms with Crippen LogP contribution in [0.15, 0.2) is 0 Å². The van der Waals surface area contributed by atoms with E-state index in [2.05, 4.69) is 13.8 Å². The molecule has 1 saturated heterocycles. The monoisotopic (exact) mass is 240 g/mol. The SMILES string of the molecule is CCCCCCCC[N+]1(CCCC)CCCC1. The normalized spacial score (nSPS) is 18.7. The number of rotatable bonds is 10. The summed E-state index contributed by atoms with van der Waals surface area (Å²) < 4.78 is 1.47. The van der Waals surface area contributed by atoms with Gasteiger partial charge >= 0.3 is 0 Å². The summed E-state index contributed by atoms with van der Waals surface area (Å²) in [6.07, 6.45) is 14.5. The van der Waals surface area contributed by atoms with E-state index < -0.39 is 0 Å². The second-order valence-electron chi connectivity index (χ2n) is 6.06. The van der Waals surface area contributed by atoms with Crippen LogP contribution >= 0.6 is 0 Å². The highest BCUT2D eigenvalue weighted by atomic mass is 15.4. The maximum Gasteiger partial charge on any atom is 0.0788 e. The van der Waals surface area contributed by atoms with Crippen molar-refractivity contribution in [1.29, 1.82) is 0 Å². The third-order valence-corrected chi connectivity index (χ3v) is 4.49. The van der Waals surface area contributed by atoms with Crippen LogP contribution in [-0.2, 0) is 0 Å². The van der Waals surface area contributed by atoms with Gasteiger partial charge in [0, 0.05) is 12.8 Å².